The Morgan fingerprint density at radius 1 is 1.41 bits per heavy atom. The molecule has 2 atom stereocenters. The van der Waals surface area contributed by atoms with E-state index in [0.717, 1.165) is 31.7 Å². The quantitative estimate of drug-likeness (QED) is 0.873. The monoisotopic (exact) mass is 235 g/mol. The molecule has 1 aliphatic heterocycles. The van der Waals surface area contributed by atoms with Crippen LogP contribution in [0, 0.1) is 0 Å². The van der Waals surface area contributed by atoms with Gasteiger partial charge in [-0.05, 0) is 31.0 Å². The molecule has 0 aromatic heterocycles. The van der Waals surface area contributed by atoms with Crippen molar-refractivity contribution in [2.45, 2.75) is 32.4 Å². The Hall–Kier alpha value is -1.06. The first kappa shape index (κ1) is 12.4. The van der Waals surface area contributed by atoms with Crippen molar-refractivity contribution in [3.05, 3.63) is 29.8 Å². The van der Waals surface area contributed by atoms with E-state index >= 15 is 0 Å². The van der Waals surface area contributed by atoms with Crippen LogP contribution in [0.3, 0.4) is 0 Å². The fourth-order valence-corrected chi connectivity index (χ4v) is 2.23. The molecule has 1 saturated heterocycles. The number of benzene rings is 1. The van der Waals surface area contributed by atoms with Gasteiger partial charge in [0.1, 0.15) is 0 Å². The van der Waals surface area contributed by atoms with E-state index in [0.29, 0.717) is 6.04 Å². The van der Waals surface area contributed by atoms with Gasteiger partial charge in [-0.2, -0.15) is 0 Å². The van der Waals surface area contributed by atoms with Gasteiger partial charge in [0, 0.05) is 18.3 Å². The Morgan fingerprint density at radius 2 is 2.12 bits per heavy atom. The number of aliphatic hydroxyl groups excluding tert-OH is 1. The number of morpholine rings is 1. The smallest absolute Gasteiger partial charge is 0.0787 e. The molecule has 1 aromatic rings. The Morgan fingerprint density at radius 3 is 2.71 bits per heavy atom. The van der Waals surface area contributed by atoms with Crippen molar-refractivity contribution >= 4 is 5.69 Å². The highest BCUT2D eigenvalue weighted by Gasteiger charge is 2.19. The predicted molar refractivity (Wildman–Crippen MR) is 69.3 cm³/mol. The van der Waals surface area contributed by atoms with Crippen molar-refractivity contribution in [2.24, 2.45) is 0 Å². The molecule has 3 heteroatoms. The fourth-order valence-electron chi connectivity index (χ4n) is 2.23. The van der Waals surface area contributed by atoms with Crippen LogP contribution < -0.4 is 4.90 Å². The van der Waals surface area contributed by atoms with Gasteiger partial charge in [0.15, 0.2) is 0 Å². The van der Waals surface area contributed by atoms with Gasteiger partial charge >= 0.3 is 0 Å². The molecule has 1 heterocycles. The van der Waals surface area contributed by atoms with Crippen LogP contribution in [0.15, 0.2) is 24.3 Å². The first-order valence-electron chi connectivity index (χ1n) is 6.34. The number of aliphatic hydroxyl groups is 1. The summed E-state index contributed by atoms with van der Waals surface area (Å²) in [7, 11) is 0. The summed E-state index contributed by atoms with van der Waals surface area (Å²) in [5.41, 5.74) is 2.21. The summed E-state index contributed by atoms with van der Waals surface area (Å²) in [6.45, 7) is 6.69. The molecule has 17 heavy (non-hydrogen) atoms. The lowest BCUT2D eigenvalue weighted by molar-refractivity contribution is 0.0989. The minimum atomic E-state index is -0.342. The van der Waals surface area contributed by atoms with E-state index in [2.05, 4.69) is 24.0 Å². The minimum Gasteiger partial charge on any atom is -0.388 e. The summed E-state index contributed by atoms with van der Waals surface area (Å²) < 4.78 is 5.43. The van der Waals surface area contributed by atoms with Crippen molar-refractivity contribution in [3.63, 3.8) is 0 Å². The van der Waals surface area contributed by atoms with E-state index in [4.69, 9.17) is 4.74 Å². The van der Waals surface area contributed by atoms with Crippen molar-refractivity contribution in [1.82, 2.24) is 0 Å². The maximum absolute atomic E-state index is 9.75. The molecule has 1 aliphatic rings. The summed E-state index contributed by atoms with van der Waals surface area (Å²) in [5, 5.41) is 9.75. The maximum Gasteiger partial charge on any atom is 0.0787 e. The average Bonchev–Trinajstić information content (AvgIpc) is 2.39. The van der Waals surface area contributed by atoms with Crippen molar-refractivity contribution in [1.29, 1.82) is 0 Å². The van der Waals surface area contributed by atoms with Crippen LogP contribution in [0.25, 0.3) is 0 Å². The lowest BCUT2D eigenvalue weighted by Gasteiger charge is -2.35. The van der Waals surface area contributed by atoms with Crippen LogP contribution in [0.1, 0.15) is 31.9 Å². The van der Waals surface area contributed by atoms with Gasteiger partial charge in [-0.25, -0.2) is 0 Å². The van der Waals surface area contributed by atoms with Crippen LogP contribution in [0.2, 0.25) is 0 Å². The molecule has 1 fully saturated rings. The lowest BCUT2D eigenvalue weighted by Crippen LogP contribution is -2.43. The third-order valence-corrected chi connectivity index (χ3v) is 3.36. The van der Waals surface area contributed by atoms with Gasteiger partial charge in [-0.3, -0.25) is 0 Å². The molecule has 0 saturated carbocycles. The highest BCUT2D eigenvalue weighted by molar-refractivity contribution is 5.49. The maximum atomic E-state index is 9.75. The highest BCUT2D eigenvalue weighted by atomic mass is 16.5. The van der Waals surface area contributed by atoms with Gasteiger partial charge in [-0.15, -0.1) is 0 Å². The third kappa shape index (κ3) is 2.79. The molecule has 0 radical (unpaired) electrons. The second kappa shape index (κ2) is 5.52. The highest BCUT2D eigenvalue weighted by Crippen LogP contribution is 2.23. The minimum absolute atomic E-state index is 0.342. The number of nitrogens with zero attached hydrogens (tertiary/aromatic N) is 1. The molecule has 0 bridgehead atoms. The molecule has 0 aliphatic carbocycles. The van der Waals surface area contributed by atoms with Crippen LogP contribution >= 0.6 is 0 Å². The molecule has 0 amide bonds. The average molecular weight is 235 g/mol. The summed E-state index contributed by atoms with van der Waals surface area (Å²) in [6, 6.07) is 8.65. The van der Waals surface area contributed by atoms with Crippen molar-refractivity contribution in [3.8, 4) is 0 Å². The Bertz CT molecular complexity index is 350. The van der Waals surface area contributed by atoms with Gasteiger partial charge in [0.25, 0.3) is 0 Å². The van der Waals surface area contributed by atoms with Gasteiger partial charge in [0.2, 0.25) is 0 Å². The van der Waals surface area contributed by atoms with Crippen LogP contribution in [0.5, 0.6) is 0 Å². The molecule has 1 N–H and O–H groups in total. The van der Waals surface area contributed by atoms with Crippen LogP contribution in [-0.4, -0.2) is 30.9 Å². The summed E-state index contributed by atoms with van der Waals surface area (Å²) in [6.07, 6.45) is 0.416. The van der Waals surface area contributed by atoms with Gasteiger partial charge < -0.3 is 14.7 Å². The van der Waals surface area contributed by atoms with E-state index in [9.17, 15) is 5.11 Å². The van der Waals surface area contributed by atoms with Crippen LogP contribution in [-0.2, 0) is 4.74 Å². The van der Waals surface area contributed by atoms with Gasteiger partial charge in [-0.1, -0.05) is 19.1 Å². The number of rotatable bonds is 3. The van der Waals surface area contributed by atoms with E-state index in [1.807, 2.05) is 19.1 Å². The zero-order valence-electron chi connectivity index (χ0n) is 10.6. The molecule has 1 unspecified atom stereocenters. The fraction of sp³-hybridized carbons (Fsp3) is 0.571. The van der Waals surface area contributed by atoms with E-state index < -0.39 is 0 Å². The number of anilines is 1. The molecule has 1 aromatic carbocycles. The SMILES string of the molecule is CC[C@H](O)c1ccc(N2CCOCC2C)cc1. The molecular weight excluding hydrogens is 214 g/mol. The Balaban J connectivity index is 2.11. The van der Waals surface area contributed by atoms with E-state index in [-0.39, 0.29) is 6.10 Å². The predicted octanol–water partition coefficient (Wildman–Crippen LogP) is 2.36. The third-order valence-electron chi connectivity index (χ3n) is 3.36. The summed E-state index contributed by atoms with van der Waals surface area (Å²) in [4.78, 5) is 2.35. The topological polar surface area (TPSA) is 32.7 Å². The zero-order chi connectivity index (χ0) is 12.3. The second-order valence-corrected chi connectivity index (χ2v) is 4.63. The second-order valence-electron chi connectivity index (χ2n) is 4.63. The normalized spacial score (nSPS) is 22.5. The molecule has 2 rings (SSSR count). The molecule has 94 valence electrons. The standard InChI is InChI=1S/C14H21NO2/c1-3-14(16)12-4-6-13(7-5-12)15-8-9-17-10-11(15)2/h4-7,11,14,16H,3,8-10H2,1-2H3/t11?,14-/m0/s1. The molecular formula is C14H21NO2. The Kier molecular flexibility index (Phi) is 4.02. The number of hydrogen-bond donors (Lipinski definition) is 1. The number of hydrogen-bond acceptors (Lipinski definition) is 3. The van der Waals surface area contributed by atoms with Crippen molar-refractivity contribution < 1.29 is 9.84 Å². The first-order valence-corrected chi connectivity index (χ1v) is 6.34. The van der Waals surface area contributed by atoms with Gasteiger partial charge in [0.05, 0.1) is 19.3 Å². The summed E-state index contributed by atoms with van der Waals surface area (Å²) in [5.74, 6) is 0. The molecule has 0 spiro atoms. The summed E-state index contributed by atoms with van der Waals surface area (Å²) >= 11 is 0. The first-order chi connectivity index (χ1) is 8.22. The Labute approximate surface area is 103 Å². The molecule has 3 nitrogen and oxygen atoms in total. The zero-order valence-corrected chi connectivity index (χ0v) is 10.6. The largest absolute Gasteiger partial charge is 0.388 e. The van der Waals surface area contributed by atoms with Crippen molar-refractivity contribution in [2.75, 3.05) is 24.7 Å². The lowest BCUT2D eigenvalue weighted by atomic mass is 10.1. The van der Waals surface area contributed by atoms with E-state index in [1.54, 1.807) is 0 Å². The van der Waals surface area contributed by atoms with Crippen LogP contribution in [0.4, 0.5) is 5.69 Å². The van der Waals surface area contributed by atoms with E-state index in [1.165, 1.54) is 5.69 Å². The number of ether oxygens (including phenoxy) is 1.